The molecule has 1 aromatic rings. The second-order valence-electron chi connectivity index (χ2n) is 6.56. The van der Waals surface area contributed by atoms with Gasteiger partial charge >= 0.3 is 13.3 Å². The third-order valence-corrected chi connectivity index (χ3v) is 4.49. The third-order valence-electron chi connectivity index (χ3n) is 4.29. The number of hydrogen-bond donors (Lipinski definition) is 1. The van der Waals surface area contributed by atoms with E-state index in [0.29, 0.717) is 6.20 Å². The van der Waals surface area contributed by atoms with Crippen molar-refractivity contribution in [3.05, 3.63) is 34.0 Å². The summed E-state index contributed by atoms with van der Waals surface area (Å²) in [4.78, 5) is 3.47. The van der Waals surface area contributed by atoms with Crippen LogP contribution in [0.15, 0.2) is 17.7 Å². The van der Waals surface area contributed by atoms with Gasteiger partial charge in [0.25, 0.3) is 0 Å². The predicted octanol–water partition coefficient (Wildman–Crippen LogP) is 3.76. The average Bonchev–Trinajstić information content (AvgIpc) is 2.63. The number of rotatable bonds is 3. The molecule has 1 aliphatic rings. The summed E-state index contributed by atoms with van der Waals surface area (Å²) in [6.07, 6.45) is -2.76. The Kier molecular flexibility index (Phi) is 5.08. The molecule has 0 spiro atoms. The van der Waals surface area contributed by atoms with E-state index in [1.54, 1.807) is 0 Å². The lowest BCUT2D eigenvalue weighted by atomic mass is 9.77. The zero-order chi connectivity index (χ0) is 18.3. The lowest BCUT2D eigenvalue weighted by molar-refractivity contribution is -0.138. The molecular weight excluding hydrogens is 345 g/mol. The van der Waals surface area contributed by atoms with Crippen LogP contribution >= 0.6 is 11.6 Å². The van der Waals surface area contributed by atoms with Crippen LogP contribution in [0.2, 0.25) is 5.15 Å². The molecule has 1 fully saturated rings. The van der Waals surface area contributed by atoms with Gasteiger partial charge in [-0.3, -0.25) is 0 Å². The molecule has 2 rings (SSSR count). The van der Waals surface area contributed by atoms with Crippen LogP contribution in [0.4, 0.5) is 13.2 Å². The largest absolute Gasteiger partial charge is 0.492 e. The molecule has 1 saturated heterocycles. The zero-order valence-corrected chi connectivity index (χ0v) is 14.5. The Morgan fingerprint density at radius 3 is 2.29 bits per heavy atom. The summed E-state index contributed by atoms with van der Waals surface area (Å²) in [6, 6.07) is 1.09. The Labute approximate surface area is 143 Å². The normalized spacial score (nSPS) is 20.5. The van der Waals surface area contributed by atoms with Crippen molar-refractivity contribution < 1.29 is 27.6 Å². The number of pyridine rings is 1. The van der Waals surface area contributed by atoms with E-state index in [1.807, 2.05) is 27.7 Å². The highest BCUT2D eigenvalue weighted by atomic mass is 35.5. The third kappa shape index (κ3) is 3.77. The minimum Gasteiger partial charge on any atom is -0.400 e. The van der Waals surface area contributed by atoms with Crippen LogP contribution in [0.1, 0.15) is 38.8 Å². The van der Waals surface area contributed by atoms with E-state index in [9.17, 15) is 18.3 Å². The SMILES string of the molecule is CC1(C)OB(C(=Cc2cc(Cl)ncc2C(F)(F)F)CO)OC1(C)C. The lowest BCUT2D eigenvalue weighted by Crippen LogP contribution is -2.41. The van der Waals surface area contributed by atoms with Crippen molar-refractivity contribution in [2.24, 2.45) is 0 Å². The van der Waals surface area contributed by atoms with Crippen molar-refractivity contribution in [3.63, 3.8) is 0 Å². The van der Waals surface area contributed by atoms with Gasteiger partial charge in [0.05, 0.1) is 23.4 Å². The molecule has 1 aliphatic heterocycles. The van der Waals surface area contributed by atoms with E-state index in [2.05, 4.69) is 4.98 Å². The van der Waals surface area contributed by atoms with Crippen molar-refractivity contribution in [3.8, 4) is 0 Å². The van der Waals surface area contributed by atoms with E-state index in [0.717, 1.165) is 6.07 Å². The highest BCUT2D eigenvalue weighted by Crippen LogP contribution is 2.39. The number of aliphatic hydroxyl groups excluding tert-OH is 1. The van der Waals surface area contributed by atoms with Gasteiger partial charge in [0.2, 0.25) is 0 Å². The predicted molar refractivity (Wildman–Crippen MR) is 85.4 cm³/mol. The summed E-state index contributed by atoms with van der Waals surface area (Å²) in [5, 5.41) is 9.51. The van der Waals surface area contributed by atoms with Gasteiger partial charge in [-0.2, -0.15) is 13.2 Å². The number of alkyl halides is 3. The first-order valence-corrected chi connectivity index (χ1v) is 7.65. The van der Waals surface area contributed by atoms with E-state index in [1.165, 1.54) is 6.08 Å². The molecule has 0 aliphatic carbocycles. The first-order valence-electron chi connectivity index (χ1n) is 7.27. The van der Waals surface area contributed by atoms with Gasteiger partial charge in [-0.15, -0.1) is 0 Å². The van der Waals surface area contributed by atoms with Gasteiger partial charge in [0.15, 0.2) is 0 Å². The molecule has 1 aromatic heterocycles. The van der Waals surface area contributed by atoms with Crippen molar-refractivity contribution in [2.75, 3.05) is 6.61 Å². The topological polar surface area (TPSA) is 51.6 Å². The Bertz CT molecular complexity index is 646. The smallest absolute Gasteiger partial charge is 0.400 e. The van der Waals surface area contributed by atoms with E-state index in [4.69, 9.17) is 20.9 Å². The lowest BCUT2D eigenvalue weighted by Gasteiger charge is -2.32. The minimum atomic E-state index is -4.60. The van der Waals surface area contributed by atoms with Gasteiger partial charge < -0.3 is 14.4 Å². The Morgan fingerprint density at radius 2 is 1.83 bits per heavy atom. The summed E-state index contributed by atoms with van der Waals surface area (Å²) < 4.78 is 50.9. The molecule has 1 N–H and O–H groups in total. The number of aromatic nitrogens is 1. The summed E-state index contributed by atoms with van der Waals surface area (Å²) in [6.45, 7) is 6.73. The maximum Gasteiger partial charge on any atom is 0.492 e. The van der Waals surface area contributed by atoms with E-state index in [-0.39, 0.29) is 16.2 Å². The molecular formula is C15H18BClF3NO3. The fourth-order valence-electron chi connectivity index (χ4n) is 2.18. The average molecular weight is 364 g/mol. The van der Waals surface area contributed by atoms with Gasteiger partial charge in [-0.1, -0.05) is 17.7 Å². The van der Waals surface area contributed by atoms with Crippen LogP contribution in [0.3, 0.4) is 0 Å². The van der Waals surface area contributed by atoms with Crippen LogP contribution in [0.25, 0.3) is 6.08 Å². The standard InChI is InChI=1S/C15H18BClF3NO3/c1-13(2)14(3,4)24-16(23-13)10(8-22)5-9-6-12(17)21-7-11(9)15(18,19)20/h5-7,22H,8H2,1-4H3. The van der Waals surface area contributed by atoms with Gasteiger partial charge in [0.1, 0.15) is 5.15 Å². The molecule has 0 unspecified atom stereocenters. The summed E-state index contributed by atoms with van der Waals surface area (Å²) in [5.41, 5.74) is -2.33. The van der Waals surface area contributed by atoms with Crippen LogP contribution in [0, 0.1) is 0 Å². The molecule has 132 valence electrons. The molecule has 2 heterocycles. The Morgan fingerprint density at radius 1 is 1.29 bits per heavy atom. The number of halogens is 4. The molecule has 4 nitrogen and oxygen atoms in total. The fourth-order valence-corrected chi connectivity index (χ4v) is 2.35. The fraction of sp³-hybridized carbons (Fsp3) is 0.533. The van der Waals surface area contributed by atoms with Gasteiger partial charge in [-0.05, 0) is 44.8 Å². The van der Waals surface area contributed by atoms with E-state index < -0.39 is 36.7 Å². The summed E-state index contributed by atoms with van der Waals surface area (Å²) >= 11 is 5.71. The first kappa shape index (κ1) is 19.2. The Balaban J connectivity index is 2.44. The molecule has 0 bridgehead atoms. The highest BCUT2D eigenvalue weighted by molar-refractivity contribution is 6.55. The first-order chi connectivity index (χ1) is 10.9. The molecule has 0 saturated carbocycles. The van der Waals surface area contributed by atoms with Crippen LogP contribution in [-0.4, -0.2) is 35.0 Å². The quantitative estimate of drug-likeness (QED) is 0.656. The summed E-state index contributed by atoms with van der Waals surface area (Å²) in [7, 11) is -0.951. The molecule has 24 heavy (non-hydrogen) atoms. The van der Waals surface area contributed by atoms with Crippen molar-refractivity contribution in [1.29, 1.82) is 0 Å². The molecule has 9 heteroatoms. The van der Waals surface area contributed by atoms with Crippen LogP contribution in [0.5, 0.6) is 0 Å². The van der Waals surface area contributed by atoms with Crippen molar-refractivity contribution >= 4 is 24.8 Å². The molecule has 0 aromatic carbocycles. The van der Waals surface area contributed by atoms with Gasteiger partial charge in [0, 0.05) is 6.20 Å². The number of aliphatic hydroxyl groups is 1. The second kappa shape index (κ2) is 6.33. The van der Waals surface area contributed by atoms with Crippen molar-refractivity contribution in [1.82, 2.24) is 4.98 Å². The van der Waals surface area contributed by atoms with Crippen LogP contribution < -0.4 is 0 Å². The number of hydrogen-bond acceptors (Lipinski definition) is 4. The second-order valence-corrected chi connectivity index (χ2v) is 6.94. The maximum atomic E-state index is 13.1. The van der Waals surface area contributed by atoms with Gasteiger partial charge in [-0.25, -0.2) is 4.98 Å². The summed E-state index contributed by atoms with van der Waals surface area (Å²) in [5.74, 6) is 0. The van der Waals surface area contributed by atoms with E-state index >= 15 is 0 Å². The van der Waals surface area contributed by atoms with Crippen molar-refractivity contribution in [2.45, 2.75) is 45.1 Å². The zero-order valence-electron chi connectivity index (χ0n) is 13.7. The Hall–Kier alpha value is -1.09. The number of nitrogens with zero attached hydrogens (tertiary/aromatic N) is 1. The molecule has 0 amide bonds. The minimum absolute atomic E-state index is 0.0829. The maximum absolute atomic E-state index is 13.1. The molecule has 0 radical (unpaired) electrons. The molecule has 0 atom stereocenters. The monoisotopic (exact) mass is 363 g/mol. The highest BCUT2D eigenvalue weighted by Gasteiger charge is 2.52. The van der Waals surface area contributed by atoms with Crippen LogP contribution in [-0.2, 0) is 15.5 Å².